The third kappa shape index (κ3) is 6.87. The Hall–Kier alpha value is -1.22. The van der Waals surface area contributed by atoms with E-state index >= 15 is 0 Å². The van der Waals surface area contributed by atoms with Crippen LogP contribution in [0, 0.1) is 23.2 Å². The van der Waals surface area contributed by atoms with Crippen LogP contribution in [-0.2, 0) is 19.1 Å². The Labute approximate surface area is 255 Å². The van der Waals surface area contributed by atoms with Gasteiger partial charge in [0.25, 0.3) is 0 Å². The first-order valence-corrected chi connectivity index (χ1v) is 17.4. The third-order valence-electron chi connectivity index (χ3n) is 11.2. The summed E-state index contributed by atoms with van der Waals surface area (Å²) in [4.78, 5) is 34.4. The predicted octanol–water partition coefficient (Wildman–Crippen LogP) is 4.66. The van der Waals surface area contributed by atoms with Crippen LogP contribution in [-0.4, -0.2) is 102 Å². The van der Waals surface area contributed by atoms with Crippen LogP contribution in [0.1, 0.15) is 106 Å². The number of carbonyl (C=O) groups is 2. The predicted molar refractivity (Wildman–Crippen MR) is 166 cm³/mol. The van der Waals surface area contributed by atoms with Gasteiger partial charge >= 0.3 is 0 Å². The number of piperidine rings is 2. The zero-order valence-corrected chi connectivity index (χ0v) is 27.5. The summed E-state index contributed by atoms with van der Waals surface area (Å²) in [6.45, 7) is 19.0. The molecule has 0 aromatic rings. The number of carbonyl (C=O) groups excluding carboxylic acids is 2. The fourth-order valence-electron chi connectivity index (χ4n) is 8.65. The van der Waals surface area contributed by atoms with E-state index in [1.807, 2.05) is 9.80 Å². The second-order valence-electron chi connectivity index (χ2n) is 15.5. The lowest BCUT2D eigenvalue weighted by atomic mass is 9.69. The first kappa shape index (κ1) is 32.2. The van der Waals surface area contributed by atoms with Crippen LogP contribution >= 0.6 is 0 Å². The van der Waals surface area contributed by atoms with Crippen LogP contribution in [0.5, 0.6) is 0 Å². The maximum Gasteiger partial charge on any atom is 0.245 e. The number of rotatable bonds is 7. The first-order chi connectivity index (χ1) is 20.0. The molecule has 5 aliphatic rings. The van der Waals surface area contributed by atoms with E-state index in [0.717, 1.165) is 32.1 Å². The topological polar surface area (TPSA) is 74.3 Å². The van der Waals surface area contributed by atoms with Crippen LogP contribution in [0.2, 0.25) is 0 Å². The van der Waals surface area contributed by atoms with E-state index in [0.29, 0.717) is 50.2 Å². The molecule has 240 valence electrons. The molecule has 1 aliphatic carbocycles. The van der Waals surface area contributed by atoms with E-state index in [1.54, 1.807) is 0 Å². The number of hydrogen-bond donors (Lipinski definition) is 1. The van der Waals surface area contributed by atoms with Crippen molar-refractivity contribution >= 4 is 11.8 Å². The van der Waals surface area contributed by atoms with Crippen molar-refractivity contribution in [2.45, 2.75) is 136 Å². The molecule has 5 rings (SSSR count). The van der Waals surface area contributed by atoms with Gasteiger partial charge in [0.15, 0.2) is 5.79 Å². The number of amides is 2. The van der Waals surface area contributed by atoms with Crippen molar-refractivity contribution in [2.75, 3.05) is 45.9 Å². The number of ether oxygens (including phenoxy) is 2. The number of likely N-dealkylation sites (tertiary alicyclic amines) is 2. The highest BCUT2D eigenvalue weighted by Crippen LogP contribution is 2.47. The van der Waals surface area contributed by atoms with Crippen molar-refractivity contribution in [3.05, 3.63) is 0 Å². The van der Waals surface area contributed by atoms with Gasteiger partial charge in [-0.25, -0.2) is 0 Å². The smallest absolute Gasteiger partial charge is 0.245 e. The lowest BCUT2D eigenvalue weighted by molar-refractivity contribution is -0.332. The van der Waals surface area contributed by atoms with Gasteiger partial charge in [-0.3, -0.25) is 14.5 Å². The summed E-state index contributed by atoms with van der Waals surface area (Å²) >= 11 is 0. The second kappa shape index (κ2) is 13.4. The molecule has 4 atom stereocenters. The minimum absolute atomic E-state index is 0.00479. The number of nitrogens with one attached hydrogen (secondary N) is 1. The fraction of sp³-hybridized carbons (Fsp3) is 0.941. The average molecular weight is 589 g/mol. The van der Waals surface area contributed by atoms with Gasteiger partial charge in [0.1, 0.15) is 6.04 Å². The lowest BCUT2D eigenvalue weighted by Crippen LogP contribution is -2.65. The van der Waals surface area contributed by atoms with Crippen molar-refractivity contribution in [1.82, 2.24) is 20.0 Å². The molecule has 1 saturated carbocycles. The maximum absolute atomic E-state index is 14.2. The first-order valence-electron chi connectivity index (χ1n) is 17.4. The van der Waals surface area contributed by atoms with E-state index < -0.39 is 11.8 Å². The van der Waals surface area contributed by atoms with E-state index in [1.165, 1.54) is 51.6 Å². The molecule has 0 aromatic heterocycles. The molecule has 0 aromatic carbocycles. The summed E-state index contributed by atoms with van der Waals surface area (Å²) in [5, 5.41) is 3.40. The number of nitrogens with zero attached hydrogens (tertiary/aromatic N) is 3. The van der Waals surface area contributed by atoms with E-state index in [4.69, 9.17) is 9.47 Å². The molecule has 8 nitrogen and oxygen atoms in total. The molecule has 4 saturated heterocycles. The fourth-order valence-corrected chi connectivity index (χ4v) is 8.65. The van der Waals surface area contributed by atoms with Gasteiger partial charge in [0.2, 0.25) is 11.8 Å². The zero-order chi connectivity index (χ0) is 30.1. The zero-order valence-electron chi connectivity index (χ0n) is 27.5. The summed E-state index contributed by atoms with van der Waals surface area (Å²) in [6.07, 6.45) is 10.5. The van der Waals surface area contributed by atoms with Crippen LogP contribution in [0.25, 0.3) is 0 Å². The Morgan fingerprint density at radius 1 is 0.952 bits per heavy atom. The van der Waals surface area contributed by atoms with Gasteiger partial charge in [-0.05, 0) is 76.3 Å². The van der Waals surface area contributed by atoms with Gasteiger partial charge in [-0.1, -0.05) is 47.5 Å². The van der Waals surface area contributed by atoms with Crippen molar-refractivity contribution < 1.29 is 19.1 Å². The second-order valence-corrected chi connectivity index (χ2v) is 15.5. The molecule has 4 heterocycles. The highest BCUT2D eigenvalue weighted by Gasteiger charge is 2.53. The van der Waals surface area contributed by atoms with Gasteiger partial charge in [0.05, 0.1) is 19.3 Å². The van der Waals surface area contributed by atoms with Crippen molar-refractivity contribution in [1.29, 1.82) is 0 Å². The van der Waals surface area contributed by atoms with Gasteiger partial charge in [-0.2, -0.15) is 0 Å². The van der Waals surface area contributed by atoms with Crippen molar-refractivity contribution in [3.63, 3.8) is 0 Å². The SMILES string of the molecule is CC(C)C[C@@H]1NCCN([C@@H](CC(C)C)C(=O)N2CCC3(C[C@@H]2C)OCC2(CCCCC2N2CCC(C)CC2)CO3)C1=O. The van der Waals surface area contributed by atoms with Gasteiger partial charge in [-0.15, -0.1) is 0 Å². The standard InChI is InChI=1S/C34H60N4O4/c1-24(2)19-28-31(39)38(18-14-35-28)29(20-25(3)4)32(40)37-17-13-34(21-27(37)6)41-22-33(23-42-34)12-8-7-9-30(33)36-15-10-26(5)11-16-36/h24-30,35H,7-23H2,1-6H3/t27-,28-,29-,30?,33?,34?/m0/s1. The summed E-state index contributed by atoms with van der Waals surface area (Å²) in [7, 11) is 0. The quantitative estimate of drug-likeness (QED) is 0.466. The molecule has 1 unspecified atom stereocenters. The Balaban J connectivity index is 1.23. The minimum atomic E-state index is -0.597. The maximum atomic E-state index is 14.2. The highest BCUT2D eigenvalue weighted by atomic mass is 16.7. The Kier molecular flexibility index (Phi) is 10.3. The van der Waals surface area contributed by atoms with Crippen LogP contribution in [0.3, 0.4) is 0 Å². The van der Waals surface area contributed by atoms with E-state index in [-0.39, 0.29) is 29.3 Å². The Morgan fingerprint density at radius 3 is 2.31 bits per heavy atom. The molecule has 1 N–H and O–H groups in total. The van der Waals surface area contributed by atoms with E-state index in [2.05, 4.69) is 51.8 Å². The third-order valence-corrected chi connectivity index (χ3v) is 11.2. The van der Waals surface area contributed by atoms with Crippen molar-refractivity contribution in [3.8, 4) is 0 Å². The van der Waals surface area contributed by atoms with Gasteiger partial charge < -0.3 is 24.6 Å². The Bertz CT molecular complexity index is 925. The summed E-state index contributed by atoms with van der Waals surface area (Å²) in [5.41, 5.74) is 0.0951. The molecule has 42 heavy (non-hydrogen) atoms. The molecule has 5 fully saturated rings. The molecule has 0 radical (unpaired) electrons. The molecule has 2 spiro atoms. The minimum Gasteiger partial charge on any atom is -0.349 e. The molecular formula is C34H60N4O4. The number of hydrogen-bond acceptors (Lipinski definition) is 6. The number of piperazine rings is 1. The summed E-state index contributed by atoms with van der Waals surface area (Å²) in [5.74, 6) is 1.17. The summed E-state index contributed by atoms with van der Waals surface area (Å²) < 4.78 is 13.6. The van der Waals surface area contributed by atoms with Crippen LogP contribution < -0.4 is 5.32 Å². The van der Waals surface area contributed by atoms with Crippen LogP contribution in [0.4, 0.5) is 0 Å². The molecule has 0 bridgehead atoms. The molecule has 8 heteroatoms. The van der Waals surface area contributed by atoms with Crippen LogP contribution in [0.15, 0.2) is 0 Å². The average Bonchev–Trinajstić information content (AvgIpc) is 2.95. The monoisotopic (exact) mass is 588 g/mol. The van der Waals surface area contributed by atoms with E-state index in [9.17, 15) is 9.59 Å². The normalized spacial score (nSPS) is 36.4. The van der Waals surface area contributed by atoms with Gasteiger partial charge in [0, 0.05) is 50.0 Å². The lowest BCUT2D eigenvalue weighted by Gasteiger charge is -2.57. The molecular weight excluding hydrogens is 528 g/mol. The van der Waals surface area contributed by atoms with Crippen molar-refractivity contribution in [2.24, 2.45) is 23.2 Å². The molecule has 4 aliphatic heterocycles. The largest absolute Gasteiger partial charge is 0.349 e. The Morgan fingerprint density at radius 2 is 1.67 bits per heavy atom. The summed E-state index contributed by atoms with van der Waals surface area (Å²) in [6, 6.07) is -0.0395. The highest BCUT2D eigenvalue weighted by molar-refractivity contribution is 5.90. The molecule has 2 amide bonds.